The molecule has 0 amide bonds. The maximum atomic E-state index is 11.6. The number of hydrogen-bond donors (Lipinski definition) is 0. The average Bonchev–Trinajstić information content (AvgIpc) is 2.12. The lowest BCUT2D eigenvalue weighted by Gasteiger charge is -2.09. The highest BCUT2D eigenvalue weighted by Gasteiger charge is 2.09. The van der Waals surface area contributed by atoms with Crippen molar-refractivity contribution in [3.63, 3.8) is 0 Å². The minimum absolute atomic E-state index is 0.0492. The molecular formula is C8H13N3O3. The molecule has 0 saturated heterocycles. The fourth-order valence-electron chi connectivity index (χ4n) is 1.11. The lowest BCUT2D eigenvalue weighted by molar-refractivity contribution is 0.308. The van der Waals surface area contributed by atoms with E-state index in [1.807, 2.05) is 13.8 Å². The topological polar surface area (TPSA) is 69.5 Å². The van der Waals surface area contributed by atoms with E-state index in [-0.39, 0.29) is 11.7 Å². The minimum atomic E-state index is -0.701. The highest BCUT2D eigenvalue weighted by atomic mass is 16.4. The molecule has 0 atom stereocenters. The molecule has 0 bridgehead atoms. The first-order valence-electron chi connectivity index (χ1n) is 4.24. The van der Waals surface area contributed by atoms with Crippen LogP contribution in [0.2, 0.25) is 0 Å². The van der Waals surface area contributed by atoms with Gasteiger partial charge in [0.1, 0.15) is 0 Å². The Kier molecular flexibility index (Phi) is 2.73. The second kappa shape index (κ2) is 3.65. The molecule has 1 aromatic rings. The molecule has 0 aliphatic rings. The Morgan fingerprint density at radius 1 is 1.36 bits per heavy atom. The van der Waals surface area contributed by atoms with Gasteiger partial charge >= 0.3 is 17.1 Å². The summed E-state index contributed by atoms with van der Waals surface area (Å²) >= 11 is 0. The van der Waals surface area contributed by atoms with Gasteiger partial charge < -0.3 is 4.42 Å². The van der Waals surface area contributed by atoms with Crippen LogP contribution in [0.15, 0.2) is 19.0 Å². The molecule has 78 valence electrons. The van der Waals surface area contributed by atoms with Gasteiger partial charge in [-0.2, -0.15) is 0 Å². The third-order valence-corrected chi connectivity index (χ3v) is 1.86. The van der Waals surface area contributed by atoms with Crippen LogP contribution in [0.1, 0.15) is 19.9 Å². The van der Waals surface area contributed by atoms with Crippen LogP contribution in [-0.2, 0) is 7.05 Å². The zero-order chi connectivity index (χ0) is 10.9. The maximum absolute atomic E-state index is 11.6. The highest BCUT2D eigenvalue weighted by Crippen LogP contribution is 1.92. The number of aromatic nitrogens is 2. The molecule has 0 aliphatic heterocycles. The molecule has 1 aromatic heterocycles. The van der Waals surface area contributed by atoms with Crippen molar-refractivity contribution in [2.24, 2.45) is 12.0 Å². The van der Waals surface area contributed by atoms with Gasteiger partial charge in [0.25, 0.3) is 0 Å². The molecule has 6 heteroatoms. The van der Waals surface area contributed by atoms with Crippen molar-refractivity contribution in [2.45, 2.75) is 19.9 Å². The number of hydrogen-bond acceptors (Lipinski definition) is 4. The van der Waals surface area contributed by atoms with Gasteiger partial charge in [0.2, 0.25) is 0 Å². The Bertz CT molecular complexity index is 504. The van der Waals surface area contributed by atoms with Crippen molar-refractivity contribution >= 4 is 0 Å². The first-order valence-corrected chi connectivity index (χ1v) is 4.24. The molecule has 0 radical (unpaired) electrons. The Labute approximate surface area is 80.1 Å². The predicted octanol–water partition coefficient (Wildman–Crippen LogP) is -0.749. The lowest BCUT2D eigenvalue weighted by Crippen LogP contribution is -2.46. The van der Waals surface area contributed by atoms with Crippen LogP contribution in [0.4, 0.5) is 0 Å². The van der Waals surface area contributed by atoms with Crippen LogP contribution in [-0.4, -0.2) is 16.2 Å². The summed E-state index contributed by atoms with van der Waals surface area (Å²) in [6, 6.07) is -0.100. The van der Waals surface area contributed by atoms with E-state index in [4.69, 9.17) is 4.42 Å². The monoisotopic (exact) mass is 199 g/mol. The zero-order valence-electron chi connectivity index (χ0n) is 8.64. The Balaban J connectivity index is 3.82. The Morgan fingerprint density at radius 2 is 1.93 bits per heavy atom. The predicted molar refractivity (Wildman–Crippen MR) is 50.1 cm³/mol. The summed E-state index contributed by atoms with van der Waals surface area (Å²) in [5.74, 6) is -0.701. The van der Waals surface area contributed by atoms with Crippen LogP contribution in [0, 0.1) is 0 Å². The van der Waals surface area contributed by atoms with E-state index in [1.54, 1.807) is 0 Å². The van der Waals surface area contributed by atoms with Crippen molar-refractivity contribution in [1.82, 2.24) is 9.13 Å². The van der Waals surface area contributed by atoms with Gasteiger partial charge in [-0.3, -0.25) is 0 Å². The second-order valence-electron chi connectivity index (χ2n) is 3.18. The van der Waals surface area contributed by atoms with Crippen molar-refractivity contribution in [3.8, 4) is 0 Å². The summed E-state index contributed by atoms with van der Waals surface area (Å²) in [7, 11) is 2.84. The molecule has 6 nitrogen and oxygen atoms in total. The summed E-state index contributed by atoms with van der Waals surface area (Å²) in [5, 5.41) is 0. The molecule has 0 aromatic carbocycles. The van der Waals surface area contributed by atoms with Gasteiger partial charge in [-0.15, -0.1) is 0 Å². The Hall–Kier alpha value is -1.59. The molecule has 0 saturated carbocycles. The van der Waals surface area contributed by atoms with E-state index in [0.717, 1.165) is 4.57 Å². The van der Waals surface area contributed by atoms with Crippen LogP contribution in [0.3, 0.4) is 0 Å². The van der Waals surface area contributed by atoms with Crippen LogP contribution >= 0.6 is 0 Å². The summed E-state index contributed by atoms with van der Waals surface area (Å²) in [4.78, 5) is 26.5. The molecule has 1 heterocycles. The standard InChI is InChI=1S/C8H13N3O3/c1-5(2)11-6(9-3)14-8(13)10(4)7(11)12/h5H,1-4H3. The number of rotatable bonds is 1. The van der Waals surface area contributed by atoms with E-state index in [2.05, 4.69) is 4.99 Å². The molecule has 0 unspecified atom stereocenters. The molecular weight excluding hydrogens is 186 g/mol. The van der Waals surface area contributed by atoms with E-state index in [0.29, 0.717) is 0 Å². The third-order valence-electron chi connectivity index (χ3n) is 1.86. The fourth-order valence-corrected chi connectivity index (χ4v) is 1.11. The van der Waals surface area contributed by atoms with Crippen LogP contribution in [0.25, 0.3) is 0 Å². The van der Waals surface area contributed by atoms with Gasteiger partial charge in [-0.05, 0) is 13.8 Å². The molecule has 14 heavy (non-hydrogen) atoms. The van der Waals surface area contributed by atoms with Crippen molar-refractivity contribution in [3.05, 3.63) is 26.7 Å². The van der Waals surface area contributed by atoms with Crippen molar-refractivity contribution in [2.75, 3.05) is 7.05 Å². The summed E-state index contributed by atoms with van der Waals surface area (Å²) in [6.07, 6.45) is 0. The van der Waals surface area contributed by atoms with Crippen molar-refractivity contribution < 1.29 is 4.42 Å². The van der Waals surface area contributed by atoms with Gasteiger partial charge in [-0.1, -0.05) is 0 Å². The average molecular weight is 199 g/mol. The van der Waals surface area contributed by atoms with E-state index >= 15 is 0 Å². The molecule has 0 fully saturated rings. The van der Waals surface area contributed by atoms with Crippen LogP contribution in [0.5, 0.6) is 0 Å². The molecule has 1 rings (SSSR count). The van der Waals surface area contributed by atoms with E-state index in [9.17, 15) is 9.59 Å². The largest absolute Gasteiger partial charge is 0.425 e. The molecule has 0 N–H and O–H groups in total. The summed E-state index contributed by atoms with van der Waals surface area (Å²) < 4.78 is 7.07. The highest BCUT2D eigenvalue weighted by molar-refractivity contribution is 4.70. The first kappa shape index (κ1) is 10.5. The van der Waals surface area contributed by atoms with Crippen LogP contribution < -0.4 is 17.1 Å². The van der Waals surface area contributed by atoms with Gasteiger partial charge in [0.15, 0.2) is 0 Å². The Morgan fingerprint density at radius 3 is 2.36 bits per heavy atom. The second-order valence-corrected chi connectivity index (χ2v) is 3.18. The lowest BCUT2D eigenvalue weighted by atomic mass is 10.4. The van der Waals surface area contributed by atoms with Gasteiger partial charge in [0, 0.05) is 20.1 Å². The minimum Gasteiger partial charge on any atom is -0.375 e. The third kappa shape index (κ3) is 1.55. The normalized spacial score (nSPS) is 12.5. The molecule has 0 aliphatic carbocycles. The summed E-state index contributed by atoms with van der Waals surface area (Å²) in [6.45, 7) is 3.63. The fraction of sp³-hybridized carbons (Fsp3) is 0.625. The van der Waals surface area contributed by atoms with Crippen molar-refractivity contribution in [1.29, 1.82) is 0 Å². The van der Waals surface area contributed by atoms with E-state index in [1.165, 1.54) is 18.7 Å². The van der Waals surface area contributed by atoms with E-state index < -0.39 is 11.4 Å². The SMILES string of the molecule is CN=c1oc(=O)n(C)c(=O)n1C(C)C. The first-order chi connectivity index (χ1) is 6.49. The zero-order valence-corrected chi connectivity index (χ0v) is 8.64. The molecule has 0 spiro atoms. The summed E-state index contributed by atoms with van der Waals surface area (Å²) in [5.41, 5.74) is -0.370. The smallest absolute Gasteiger partial charge is 0.375 e. The number of nitrogens with zero attached hydrogens (tertiary/aromatic N) is 3. The maximum Gasteiger partial charge on any atom is 0.425 e. The van der Waals surface area contributed by atoms with Gasteiger partial charge in [0.05, 0.1) is 0 Å². The van der Waals surface area contributed by atoms with Gasteiger partial charge in [-0.25, -0.2) is 23.7 Å². The quantitative estimate of drug-likeness (QED) is 0.597.